The molecule has 0 atom stereocenters. The van der Waals surface area contributed by atoms with E-state index in [1.54, 1.807) is 0 Å². The normalized spacial score (nSPS) is 22.6. The highest BCUT2D eigenvalue weighted by Gasteiger charge is 2.49. The highest BCUT2D eigenvalue weighted by molar-refractivity contribution is 5.86. The van der Waals surface area contributed by atoms with Crippen LogP contribution in [0.3, 0.4) is 0 Å². The molecule has 24 heavy (non-hydrogen) atoms. The smallest absolute Gasteiger partial charge is 0.314 e. The van der Waals surface area contributed by atoms with Gasteiger partial charge < -0.3 is 9.47 Å². The Hall–Kier alpha value is -2.03. The molecule has 0 saturated heterocycles. The van der Waals surface area contributed by atoms with E-state index in [9.17, 15) is 4.79 Å². The van der Waals surface area contributed by atoms with Crippen molar-refractivity contribution in [2.24, 2.45) is 5.92 Å². The zero-order chi connectivity index (χ0) is 16.7. The Morgan fingerprint density at radius 1 is 1.21 bits per heavy atom. The van der Waals surface area contributed by atoms with Gasteiger partial charge in [0, 0.05) is 0 Å². The van der Waals surface area contributed by atoms with Crippen LogP contribution in [0.4, 0.5) is 0 Å². The maximum atomic E-state index is 12.4. The number of benzene rings is 1. The maximum absolute atomic E-state index is 12.4. The highest BCUT2D eigenvalue weighted by atomic mass is 16.6. The first-order valence-corrected chi connectivity index (χ1v) is 9.01. The summed E-state index contributed by atoms with van der Waals surface area (Å²) in [6.07, 6.45) is 7.09. The Morgan fingerprint density at radius 3 is 2.58 bits per heavy atom. The number of rotatable bonds is 3. The van der Waals surface area contributed by atoms with Crippen molar-refractivity contribution in [1.29, 1.82) is 0 Å². The summed E-state index contributed by atoms with van der Waals surface area (Å²) >= 11 is 0. The van der Waals surface area contributed by atoms with E-state index in [-0.39, 0.29) is 11.9 Å². The molecule has 3 nitrogen and oxygen atoms in total. The molecule has 0 radical (unpaired) electrons. The van der Waals surface area contributed by atoms with Gasteiger partial charge >= 0.3 is 5.97 Å². The second kappa shape index (κ2) is 5.80. The Labute approximate surface area is 143 Å². The monoisotopic (exact) mass is 324 g/mol. The molecule has 126 valence electrons. The average Bonchev–Trinajstić information content (AvgIpc) is 3.38. The first-order valence-electron chi connectivity index (χ1n) is 9.01. The Bertz CT molecular complexity index is 718. The Morgan fingerprint density at radius 2 is 1.92 bits per heavy atom. The molecule has 0 N–H and O–H groups in total. The lowest BCUT2D eigenvalue weighted by Gasteiger charge is -2.34. The summed E-state index contributed by atoms with van der Waals surface area (Å²) in [4.78, 5) is 12.4. The van der Waals surface area contributed by atoms with Gasteiger partial charge in [-0.15, -0.1) is 0 Å². The number of ether oxygens (including phenoxy) is 2. The third kappa shape index (κ3) is 2.56. The fourth-order valence-corrected chi connectivity index (χ4v) is 3.91. The predicted octanol–water partition coefficient (Wildman–Crippen LogP) is 4.91. The van der Waals surface area contributed by atoms with Gasteiger partial charge in [0.25, 0.3) is 0 Å². The van der Waals surface area contributed by atoms with Crippen LogP contribution in [0.1, 0.15) is 56.1 Å². The van der Waals surface area contributed by atoms with Crippen molar-refractivity contribution < 1.29 is 14.3 Å². The van der Waals surface area contributed by atoms with Crippen LogP contribution >= 0.6 is 0 Å². The van der Waals surface area contributed by atoms with Crippen molar-refractivity contribution in [3.63, 3.8) is 0 Å². The van der Waals surface area contributed by atoms with Crippen molar-refractivity contribution in [3.05, 3.63) is 53.5 Å². The molecule has 1 aromatic rings. The molecule has 1 aliphatic heterocycles. The summed E-state index contributed by atoms with van der Waals surface area (Å²) in [6.45, 7) is 6.22. The molecular formula is C21H24O3. The van der Waals surface area contributed by atoms with Crippen molar-refractivity contribution in [2.45, 2.75) is 57.5 Å². The van der Waals surface area contributed by atoms with E-state index in [0.29, 0.717) is 5.76 Å². The number of hydrogen-bond donors (Lipinski definition) is 0. The van der Waals surface area contributed by atoms with Gasteiger partial charge in [0.2, 0.25) is 0 Å². The molecule has 3 heteroatoms. The minimum atomic E-state index is -0.489. The Balaban J connectivity index is 1.82. The van der Waals surface area contributed by atoms with Crippen LogP contribution in [0.5, 0.6) is 0 Å². The van der Waals surface area contributed by atoms with Crippen molar-refractivity contribution in [1.82, 2.24) is 0 Å². The van der Waals surface area contributed by atoms with Gasteiger partial charge in [0.15, 0.2) is 11.4 Å². The molecule has 0 aromatic heterocycles. The molecule has 0 unspecified atom stereocenters. The van der Waals surface area contributed by atoms with E-state index in [0.717, 1.165) is 61.0 Å². The number of hydrogen-bond acceptors (Lipinski definition) is 3. The number of allylic oxidation sites excluding steroid dienone is 1. The van der Waals surface area contributed by atoms with Gasteiger partial charge in [0.1, 0.15) is 5.76 Å². The standard InChI is InChI=1S/C21H24O3/c1-14-8-4-5-9-17(14)18-15(2)24-21(12-6-3-7-13-21)19(18)23-20(22)16-10-11-16/h4-5,8-9,16H,2-3,6-7,10-13H2,1H3. The first-order chi connectivity index (χ1) is 11.6. The van der Waals surface area contributed by atoms with Crippen LogP contribution in [0.2, 0.25) is 0 Å². The summed E-state index contributed by atoms with van der Waals surface area (Å²) in [5.74, 6) is 1.34. The number of esters is 1. The minimum absolute atomic E-state index is 0.0742. The summed E-state index contributed by atoms with van der Waals surface area (Å²) in [6, 6.07) is 8.16. The van der Waals surface area contributed by atoms with Gasteiger partial charge in [0.05, 0.1) is 11.5 Å². The zero-order valence-electron chi connectivity index (χ0n) is 14.3. The van der Waals surface area contributed by atoms with Crippen LogP contribution < -0.4 is 0 Å². The van der Waals surface area contributed by atoms with Crippen LogP contribution in [0.15, 0.2) is 42.4 Å². The summed E-state index contributed by atoms with van der Waals surface area (Å²) < 4.78 is 12.3. The third-order valence-electron chi connectivity index (χ3n) is 5.43. The molecule has 1 spiro atoms. The molecule has 2 fully saturated rings. The fraction of sp³-hybridized carbons (Fsp3) is 0.476. The van der Waals surface area contributed by atoms with E-state index in [1.807, 2.05) is 12.1 Å². The van der Waals surface area contributed by atoms with Gasteiger partial charge in [-0.25, -0.2) is 0 Å². The average molecular weight is 324 g/mol. The molecule has 1 aromatic carbocycles. The first kappa shape index (κ1) is 15.5. The SMILES string of the molecule is C=C1OC2(CCCCC2)C(OC(=O)C2CC2)=C1c1ccccc1C. The molecule has 1 heterocycles. The zero-order valence-corrected chi connectivity index (χ0v) is 14.3. The lowest BCUT2D eigenvalue weighted by atomic mass is 9.82. The maximum Gasteiger partial charge on any atom is 0.314 e. The summed E-state index contributed by atoms with van der Waals surface area (Å²) in [5.41, 5.74) is 2.61. The van der Waals surface area contributed by atoms with Gasteiger partial charge in [-0.05, 0) is 56.6 Å². The molecule has 3 aliphatic rings. The van der Waals surface area contributed by atoms with Crippen molar-refractivity contribution in [3.8, 4) is 0 Å². The predicted molar refractivity (Wildman–Crippen MR) is 93.0 cm³/mol. The van der Waals surface area contributed by atoms with Crippen LogP contribution in [0, 0.1) is 12.8 Å². The topological polar surface area (TPSA) is 35.5 Å². The van der Waals surface area contributed by atoms with Gasteiger partial charge in [-0.1, -0.05) is 37.3 Å². The highest BCUT2D eigenvalue weighted by Crippen LogP contribution is 2.51. The van der Waals surface area contributed by atoms with Gasteiger partial charge in [-0.3, -0.25) is 4.79 Å². The van der Waals surface area contributed by atoms with E-state index in [2.05, 4.69) is 25.6 Å². The second-order valence-electron chi connectivity index (χ2n) is 7.29. The van der Waals surface area contributed by atoms with Crippen LogP contribution in [0.25, 0.3) is 5.57 Å². The molecule has 0 amide bonds. The summed E-state index contributed by atoms with van der Waals surface area (Å²) in [5, 5.41) is 0. The lowest BCUT2D eigenvalue weighted by Crippen LogP contribution is -2.35. The molecule has 0 bridgehead atoms. The minimum Gasteiger partial charge on any atom is -0.479 e. The number of aryl methyl sites for hydroxylation is 1. The van der Waals surface area contributed by atoms with E-state index >= 15 is 0 Å². The Kier molecular flexibility index (Phi) is 3.75. The summed E-state index contributed by atoms with van der Waals surface area (Å²) in [7, 11) is 0. The van der Waals surface area contributed by atoms with E-state index in [1.165, 1.54) is 6.42 Å². The fourth-order valence-electron chi connectivity index (χ4n) is 3.91. The van der Waals surface area contributed by atoms with E-state index in [4.69, 9.17) is 9.47 Å². The quantitative estimate of drug-likeness (QED) is 0.741. The third-order valence-corrected chi connectivity index (χ3v) is 5.43. The number of carbonyl (C=O) groups excluding carboxylic acids is 1. The van der Waals surface area contributed by atoms with Crippen LogP contribution in [-0.4, -0.2) is 11.6 Å². The molecule has 2 saturated carbocycles. The van der Waals surface area contributed by atoms with Crippen molar-refractivity contribution in [2.75, 3.05) is 0 Å². The van der Waals surface area contributed by atoms with Crippen LogP contribution in [-0.2, 0) is 14.3 Å². The molecule has 4 rings (SSSR count). The largest absolute Gasteiger partial charge is 0.479 e. The van der Waals surface area contributed by atoms with E-state index < -0.39 is 5.60 Å². The number of carbonyl (C=O) groups is 1. The van der Waals surface area contributed by atoms with Crippen molar-refractivity contribution >= 4 is 11.5 Å². The lowest BCUT2D eigenvalue weighted by molar-refractivity contribution is -0.145. The van der Waals surface area contributed by atoms with Gasteiger partial charge in [-0.2, -0.15) is 0 Å². The molecule has 2 aliphatic carbocycles. The molecular weight excluding hydrogens is 300 g/mol. The second-order valence-corrected chi connectivity index (χ2v) is 7.29.